The first-order chi connectivity index (χ1) is 11.9. The number of nitrogens with zero attached hydrogens (tertiary/aromatic N) is 4. The van der Waals surface area contributed by atoms with Gasteiger partial charge in [-0.3, -0.25) is 9.88 Å². The number of aliphatic hydroxyl groups is 1. The van der Waals surface area contributed by atoms with Gasteiger partial charge in [-0.2, -0.15) is 0 Å². The summed E-state index contributed by atoms with van der Waals surface area (Å²) in [6.45, 7) is 2.34. The summed E-state index contributed by atoms with van der Waals surface area (Å²) >= 11 is 0. The average Bonchev–Trinajstić information content (AvgIpc) is 2.68. The summed E-state index contributed by atoms with van der Waals surface area (Å²) in [6.07, 6.45) is 8.80. The van der Waals surface area contributed by atoms with Gasteiger partial charge in [0.2, 0.25) is 0 Å². The summed E-state index contributed by atoms with van der Waals surface area (Å²) in [5, 5.41) is 9.54. The molecule has 0 radical (unpaired) electrons. The highest BCUT2D eigenvalue weighted by Gasteiger charge is 2.43. The first-order valence-electron chi connectivity index (χ1n) is 8.89. The van der Waals surface area contributed by atoms with Gasteiger partial charge in [-0.1, -0.05) is 6.07 Å². The molecule has 5 heteroatoms. The fourth-order valence-corrected chi connectivity index (χ4v) is 4.48. The van der Waals surface area contributed by atoms with Gasteiger partial charge in [0.05, 0.1) is 0 Å². The van der Waals surface area contributed by atoms with Crippen LogP contribution in [-0.4, -0.2) is 50.7 Å². The van der Waals surface area contributed by atoms with Crippen molar-refractivity contribution in [2.75, 3.05) is 19.7 Å². The summed E-state index contributed by atoms with van der Waals surface area (Å²) in [7, 11) is 0. The van der Waals surface area contributed by atoms with Crippen LogP contribution < -0.4 is 0 Å². The second-order valence-corrected chi connectivity index (χ2v) is 6.97. The van der Waals surface area contributed by atoms with Crippen LogP contribution in [0.3, 0.4) is 0 Å². The van der Waals surface area contributed by atoms with Gasteiger partial charge in [0.25, 0.3) is 0 Å². The third kappa shape index (κ3) is 2.94. The molecule has 2 saturated heterocycles. The predicted octanol–water partition coefficient (Wildman–Crippen LogP) is 2.22. The third-order valence-electron chi connectivity index (χ3n) is 5.61. The van der Waals surface area contributed by atoms with Crippen LogP contribution in [0.1, 0.15) is 42.6 Å². The van der Waals surface area contributed by atoms with E-state index in [1.54, 1.807) is 0 Å². The minimum absolute atomic E-state index is 0.294. The molecule has 0 aromatic carbocycles. The molecule has 0 bridgehead atoms. The average molecular weight is 324 g/mol. The maximum absolute atomic E-state index is 9.54. The molecule has 1 N–H and O–H groups in total. The molecule has 0 aliphatic carbocycles. The van der Waals surface area contributed by atoms with Crippen molar-refractivity contribution in [3.05, 3.63) is 54.4 Å². The van der Waals surface area contributed by atoms with Crippen LogP contribution in [0.4, 0.5) is 0 Å². The monoisotopic (exact) mass is 324 g/mol. The van der Waals surface area contributed by atoms with Crippen molar-refractivity contribution in [1.29, 1.82) is 0 Å². The molecule has 4 heterocycles. The Morgan fingerprint density at radius 3 is 2.58 bits per heavy atom. The molecule has 126 valence electrons. The lowest BCUT2D eigenvalue weighted by Crippen LogP contribution is -2.52. The number of hydrogen-bond donors (Lipinski definition) is 1. The zero-order valence-corrected chi connectivity index (χ0v) is 13.8. The van der Waals surface area contributed by atoms with Crippen molar-refractivity contribution in [3.63, 3.8) is 0 Å². The summed E-state index contributed by atoms with van der Waals surface area (Å²) in [5.41, 5.74) is 1.15. The predicted molar refractivity (Wildman–Crippen MR) is 91.5 cm³/mol. The van der Waals surface area contributed by atoms with E-state index in [0.29, 0.717) is 30.4 Å². The molecule has 2 aromatic rings. The van der Waals surface area contributed by atoms with Crippen molar-refractivity contribution in [2.24, 2.45) is 5.92 Å². The van der Waals surface area contributed by atoms with Gasteiger partial charge >= 0.3 is 0 Å². The van der Waals surface area contributed by atoms with E-state index in [1.165, 1.54) is 0 Å². The van der Waals surface area contributed by atoms with E-state index in [9.17, 15) is 5.11 Å². The fraction of sp³-hybridized carbons (Fsp3) is 0.526. The maximum atomic E-state index is 9.54. The van der Waals surface area contributed by atoms with Crippen molar-refractivity contribution in [2.45, 2.75) is 37.1 Å². The van der Waals surface area contributed by atoms with Crippen LogP contribution in [0.2, 0.25) is 0 Å². The second kappa shape index (κ2) is 6.95. The molecule has 5 nitrogen and oxygen atoms in total. The largest absolute Gasteiger partial charge is 0.396 e. The van der Waals surface area contributed by atoms with Crippen LogP contribution in [-0.2, 0) is 0 Å². The van der Waals surface area contributed by atoms with Crippen LogP contribution in [0.25, 0.3) is 0 Å². The van der Waals surface area contributed by atoms with Gasteiger partial charge in [-0.25, -0.2) is 9.97 Å². The lowest BCUT2D eigenvalue weighted by atomic mass is 9.72. The lowest BCUT2D eigenvalue weighted by Gasteiger charge is -2.49. The Morgan fingerprint density at radius 2 is 1.83 bits per heavy atom. The summed E-state index contributed by atoms with van der Waals surface area (Å²) < 4.78 is 0. The van der Waals surface area contributed by atoms with E-state index in [0.717, 1.165) is 43.9 Å². The summed E-state index contributed by atoms with van der Waals surface area (Å²) in [4.78, 5) is 16.3. The highest BCUT2D eigenvalue weighted by molar-refractivity contribution is 5.21. The molecule has 2 fully saturated rings. The quantitative estimate of drug-likeness (QED) is 0.938. The second-order valence-electron chi connectivity index (χ2n) is 6.97. The Bertz CT molecular complexity index is 651. The van der Waals surface area contributed by atoms with Gasteiger partial charge < -0.3 is 5.11 Å². The highest BCUT2D eigenvalue weighted by atomic mass is 16.3. The fourth-order valence-electron chi connectivity index (χ4n) is 4.48. The molecule has 0 saturated carbocycles. The van der Waals surface area contributed by atoms with Gasteiger partial charge in [0.1, 0.15) is 5.82 Å². The molecule has 24 heavy (non-hydrogen) atoms. The molecule has 0 amide bonds. The van der Waals surface area contributed by atoms with Gasteiger partial charge in [-0.15, -0.1) is 0 Å². The number of aromatic nitrogens is 3. The number of pyridine rings is 1. The minimum Gasteiger partial charge on any atom is -0.396 e. The molecule has 2 aliphatic rings. The first kappa shape index (κ1) is 15.7. The van der Waals surface area contributed by atoms with Crippen molar-refractivity contribution in [3.8, 4) is 0 Å². The van der Waals surface area contributed by atoms with Crippen molar-refractivity contribution >= 4 is 0 Å². The van der Waals surface area contributed by atoms with Crippen LogP contribution in [0.15, 0.2) is 42.9 Å². The van der Waals surface area contributed by atoms with E-state index >= 15 is 0 Å². The molecule has 2 aliphatic heterocycles. The summed E-state index contributed by atoms with van der Waals surface area (Å²) in [6, 6.07) is 8.53. The van der Waals surface area contributed by atoms with E-state index in [2.05, 4.69) is 32.0 Å². The number of hydrogen-bond acceptors (Lipinski definition) is 5. The highest BCUT2D eigenvalue weighted by Crippen LogP contribution is 2.45. The minimum atomic E-state index is 0.294. The smallest absolute Gasteiger partial charge is 0.132 e. The Balaban J connectivity index is 1.68. The van der Waals surface area contributed by atoms with Gasteiger partial charge in [0, 0.05) is 55.3 Å². The number of aliphatic hydroxyl groups excluding tert-OH is 1. The number of rotatable bonds is 3. The molecule has 2 aromatic heterocycles. The van der Waals surface area contributed by atoms with Crippen LogP contribution in [0, 0.1) is 5.92 Å². The van der Waals surface area contributed by atoms with E-state index in [-0.39, 0.29) is 0 Å². The van der Waals surface area contributed by atoms with Gasteiger partial charge in [-0.05, 0) is 49.9 Å². The molecule has 4 unspecified atom stereocenters. The van der Waals surface area contributed by atoms with E-state index in [4.69, 9.17) is 0 Å². The molecule has 4 atom stereocenters. The van der Waals surface area contributed by atoms with Crippen molar-refractivity contribution in [1.82, 2.24) is 19.9 Å². The zero-order valence-electron chi connectivity index (χ0n) is 13.8. The zero-order chi connectivity index (χ0) is 16.4. The molecule has 0 spiro atoms. The Morgan fingerprint density at radius 1 is 1.00 bits per heavy atom. The van der Waals surface area contributed by atoms with E-state index < -0.39 is 0 Å². The number of fused-ring (bicyclic) bond motifs is 1. The van der Waals surface area contributed by atoms with Crippen molar-refractivity contribution < 1.29 is 5.11 Å². The summed E-state index contributed by atoms with van der Waals surface area (Å²) in [5.74, 6) is 1.99. The third-order valence-corrected chi connectivity index (χ3v) is 5.61. The number of piperidine rings is 2. The normalized spacial score (nSPS) is 30.7. The standard InChI is InChI=1S/C19H24N4O/c24-13-14-5-6-17-18(16-4-1-2-8-20-16)15(7-11-23(17)12-14)19-21-9-3-10-22-19/h1-4,8-10,14-15,17-18,24H,5-7,11-13H2. The maximum Gasteiger partial charge on any atom is 0.132 e. The molecule has 4 rings (SSSR count). The first-order valence-corrected chi connectivity index (χ1v) is 8.89. The van der Waals surface area contributed by atoms with E-state index in [1.807, 2.05) is 30.7 Å². The van der Waals surface area contributed by atoms with Crippen LogP contribution in [0.5, 0.6) is 0 Å². The Labute approximate surface area is 142 Å². The van der Waals surface area contributed by atoms with Gasteiger partial charge in [0.15, 0.2) is 0 Å². The molecular formula is C19H24N4O. The Kier molecular flexibility index (Phi) is 4.54. The van der Waals surface area contributed by atoms with Crippen LogP contribution >= 0.6 is 0 Å². The Hall–Kier alpha value is -1.85. The molecular weight excluding hydrogens is 300 g/mol. The SMILES string of the molecule is OCC1CCC2C(c3ccccn3)C(c3ncccn3)CCN2C1. The lowest BCUT2D eigenvalue weighted by molar-refractivity contribution is 0.0289. The topological polar surface area (TPSA) is 62.1 Å².